The third-order valence-electron chi connectivity index (χ3n) is 3.83. The highest BCUT2D eigenvalue weighted by Gasteiger charge is 2.22. The molecule has 1 aliphatic rings. The van der Waals surface area contributed by atoms with E-state index in [1.54, 1.807) is 18.2 Å². The van der Waals surface area contributed by atoms with E-state index in [4.69, 9.17) is 27.9 Å². The van der Waals surface area contributed by atoms with Crippen LogP contribution in [0.25, 0.3) is 0 Å². The molecular weight excluding hydrogens is 323 g/mol. The monoisotopic (exact) mass is 344 g/mol. The fourth-order valence-electron chi connectivity index (χ4n) is 2.75. The maximum Gasteiger partial charge on any atom is 0.226 e. The number of nitrogens with zero attached hydrogens (tertiary/aromatic N) is 1. The molecule has 1 atom stereocenters. The van der Waals surface area contributed by atoms with E-state index in [0.717, 1.165) is 26.1 Å². The van der Waals surface area contributed by atoms with E-state index in [0.29, 0.717) is 34.7 Å². The van der Waals surface area contributed by atoms with Gasteiger partial charge in [-0.1, -0.05) is 23.2 Å². The van der Waals surface area contributed by atoms with Crippen LogP contribution in [0.1, 0.15) is 19.3 Å². The van der Waals surface area contributed by atoms with Crippen molar-refractivity contribution in [2.45, 2.75) is 19.3 Å². The van der Waals surface area contributed by atoms with Gasteiger partial charge in [0, 0.05) is 18.1 Å². The number of benzene rings is 1. The summed E-state index contributed by atoms with van der Waals surface area (Å²) in [4.78, 5) is 14.2. The molecule has 122 valence electrons. The first-order chi connectivity index (χ1) is 10.6. The average molecular weight is 345 g/mol. The van der Waals surface area contributed by atoms with Gasteiger partial charge in [0.2, 0.25) is 5.91 Å². The molecule has 0 radical (unpaired) electrons. The Kier molecular flexibility index (Phi) is 6.80. The summed E-state index contributed by atoms with van der Waals surface area (Å²) in [5.74, 6) is 1.26. The first-order valence-electron chi connectivity index (χ1n) is 7.60. The Labute approximate surface area is 141 Å². The molecule has 1 saturated heterocycles. The van der Waals surface area contributed by atoms with Gasteiger partial charge in [-0.2, -0.15) is 0 Å². The third kappa shape index (κ3) is 5.04. The van der Waals surface area contributed by atoms with E-state index in [9.17, 15) is 4.79 Å². The van der Waals surface area contributed by atoms with Gasteiger partial charge in [-0.25, -0.2) is 0 Å². The zero-order valence-corrected chi connectivity index (χ0v) is 14.3. The zero-order chi connectivity index (χ0) is 15.9. The number of rotatable bonds is 6. The molecule has 0 saturated carbocycles. The van der Waals surface area contributed by atoms with Gasteiger partial charge in [0.1, 0.15) is 5.75 Å². The second kappa shape index (κ2) is 8.61. The van der Waals surface area contributed by atoms with Crippen LogP contribution in [0.2, 0.25) is 10.0 Å². The normalized spacial score (nSPS) is 18.3. The van der Waals surface area contributed by atoms with Gasteiger partial charge >= 0.3 is 0 Å². The quantitative estimate of drug-likeness (QED) is 0.861. The number of carbonyl (C=O) groups is 1. The van der Waals surface area contributed by atoms with Crippen LogP contribution in [0.4, 0.5) is 0 Å². The van der Waals surface area contributed by atoms with Crippen molar-refractivity contribution in [3.8, 4) is 5.75 Å². The highest BCUT2D eigenvalue weighted by atomic mass is 35.5. The van der Waals surface area contributed by atoms with Gasteiger partial charge in [-0.3, -0.25) is 4.79 Å². The Bertz CT molecular complexity index is 509. The predicted octanol–water partition coefficient (Wildman–Crippen LogP) is 3.22. The number of halogens is 2. The molecule has 1 N–H and O–H groups in total. The van der Waals surface area contributed by atoms with Gasteiger partial charge < -0.3 is 15.0 Å². The second-order valence-electron chi connectivity index (χ2n) is 5.58. The lowest BCUT2D eigenvalue weighted by molar-refractivity contribution is -0.133. The maximum absolute atomic E-state index is 12.2. The molecule has 1 amide bonds. The van der Waals surface area contributed by atoms with Crippen LogP contribution < -0.4 is 10.1 Å². The van der Waals surface area contributed by atoms with Gasteiger partial charge in [-0.15, -0.1) is 0 Å². The summed E-state index contributed by atoms with van der Waals surface area (Å²) in [6.07, 6.45) is 2.62. The molecule has 4 nitrogen and oxygen atoms in total. The molecule has 0 spiro atoms. The van der Waals surface area contributed by atoms with Crippen LogP contribution in [-0.2, 0) is 4.79 Å². The fraction of sp³-hybridized carbons (Fsp3) is 0.562. The number of hydrogen-bond acceptors (Lipinski definition) is 3. The van der Waals surface area contributed by atoms with Gasteiger partial charge in [0.05, 0.1) is 18.1 Å². The van der Waals surface area contributed by atoms with Crippen molar-refractivity contribution in [1.29, 1.82) is 0 Å². The number of nitrogens with one attached hydrogen (secondary N) is 1. The number of likely N-dealkylation sites (tertiary alicyclic amines) is 1. The molecule has 1 fully saturated rings. The van der Waals surface area contributed by atoms with E-state index in [1.807, 2.05) is 11.9 Å². The van der Waals surface area contributed by atoms with Crippen LogP contribution in [0.5, 0.6) is 5.75 Å². The van der Waals surface area contributed by atoms with Gasteiger partial charge in [0.15, 0.2) is 0 Å². The Hall–Kier alpha value is -0.970. The first-order valence-corrected chi connectivity index (χ1v) is 8.36. The second-order valence-corrected chi connectivity index (χ2v) is 6.42. The smallest absolute Gasteiger partial charge is 0.226 e. The van der Waals surface area contributed by atoms with Crippen molar-refractivity contribution < 1.29 is 9.53 Å². The largest absolute Gasteiger partial charge is 0.491 e. The van der Waals surface area contributed by atoms with Crippen LogP contribution in [0, 0.1) is 5.92 Å². The Morgan fingerprint density at radius 3 is 3.00 bits per heavy atom. The van der Waals surface area contributed by atoms with Crippen molar-refractivity contribution in [3.63, 3.8) is 0 Å². The molecule has 0 unspecified atom stereocenters. The zero-order valence-electron chi connectivity index (χ0n) is 12.8. The maximum atomic E-state index is 12.2. The van der Waals surface area contributed by atoms with Crippen molar-refractivity contribution in [2.75, 3.05) is 33.3 Å². The Morgan fingerprint density at radius 2 is 2.27 bits per heavy atom. The minimum Gasteiger partial charge on any atom is -0.491 e. The lowest BCUT2D eigenvalue weighted by Crippen LogP contribution is -2.42. The molecule has 0 aliphatic carbocycles. The fourth-order valence-corrected chi connectivity index (χ4v) is 3.21. The summed E-state index contributed by atoms with van der Waals surface area (Å²) in [7, 11) is 1.95. The number of ether oxygens (including phenoxy) is 1. The molecule has 0 bridgehead atoms. The minimum absolute atomic E-state index is 0.144. The van der Waals surface area contributed by atoms with Crippen LogP contribution in [0.3, 0.4) is 0 Å². The van der Waals surface area contributed by atoms with Crippen molar-refractivity contribution in [1.82, 2.24) is 10.2 Å². The summed E-state index contributed by atoms with van der Waals surface area (Å²) in [6.45, 7) is 2.97. The molecule has 1 aromatic carbocycles. The van der Waals surface area contributed by atoms with E-state index >= 15 is 0 Å². The third-order valence-corrected chi connectivity index (χ3v) is 4.36. The summed E-state index contributed by atoms with van der Waals surface area (Å²) in [5, 5.41) is 4.22. The topological polar surface area (TPSA) is 41.6 Å². The summed E-state index contributed by atoms with van der Waals surface area (Å²) < 4.78 is 5.58. The summed E-state index contributed by atoms with van der Waals surface area (Å²) in [5.41, 5.74) is 0. The van der Waals surface area contributed by atoms with Crippen molar-refractivity contribution >= 4 is 29.1 Å². The highest BCUT2D eigenvalue weighted by Crippen LogP contribution is 2.27. The predicted molar refractivity (Wildman–Crippen MR) is 89.8 cm³/mol. The average Bonchev–Trinajstić information content (AvgIpc) is 2.50. The summed E-state index contributed by atoms with van der Waals surface area (Å²) >= 11 is 11.9. The van der Waals surface area contributed by atoms with E-state index in [-0.39, 0.29) is 5.91 Å². The molecular formula is C16H22Cl2N2O2. The molecule has 2 rings (SSSR count). The Morgan fingerprint density at radius 1 is 1.45 bits per heavy atom. The molecule has 6 heteroatoms. The molecule has 22 heavy (non-hydrogen) atoms. The number of hydrogen-bond donors (Lipinski definition) is 1. The Balaban J connectivity index is 1.77. The SMILES string of the molecule is CNC[C@H]1CCCN(C(=O)CCOc2ccc(Cl)cc2Cl)C1. The molecule has 1 heterocycles. The molecule has 1 aromatic rings. The van der Waals surface area contributed by atoms with Crippen molar-refractivity contribution in [2.24, 2.45) is 5.92 Å². The lowest BCUT2D eigenvalue weighted by Gasteiger charge is -2.32. The number of piperidine rings is 1. The number of carbonyl (C=O) groups excluding carboxylic acids is 1. The number of amides is 1. The van der Waals surface area contributed by atoms with E-state index in [1.165, 1.54) is 6.42 Å². The van der Waals surface area contributed by atoms with Crippen LogP contribution in [-0.4, -0.2) is 44.1 Å². The standard InChI is InChI=1S/C16H22Cl2N2O2/c1-19-10-12-3-2-7-20(11-12)16(21)6-8-22-15-5-4-13(17)9-14(15)18/h4-5,9,12,19H,2-3,6-8,10-11H2,1H3/t12-/m1/s1. The van der Waals surface area contributed by atoms with E-state index in [2.05, 4.69) is 5.32 Å². The van der Waals surface area contributed by atoms with Gasteiger partial charge in [0.25, 0.3) is 0 Å². The highest BCUT2D eigenvalue weighted by molar-refractivity contribution is 6.35. The molecule has 0 aromatic heterocycles. The minimum atomic E-state index is 0.144. The molecule has 1 aliphatic heterocycles. The van der Waals surface area contributed by atoms with Crippen LogP contribution >= 0.6 is 23.2 Å². The summed E-state index contributed by atoms with van der Waals surface area (Å²) in [6, 6.07) is 5.07. The first kappa shape index (κ1) is 17.4. The van der Waals surface area contributed by atoms with Crippen LogP contribution in [0.15, 0.2) is 18.2 Å². The van der Waals surface area contributed by atoms with Crippen molar-refractivity contribution in [3.05, 3.63) is 28.2 Å². The van der Waals surface area contributed by atoms with E-state index < -0.39 is 0 Å². The van der Waals surface area contributed by atoms with Gasteiger partial charge in [-0.05, 0) is 50.6 Å². The lowest BCUT2D eigenvalue weighted by atomic mass is 9.98.